The molecule has 0 bridgehead atoms. The molecule has 2 atom stereocenters. The smallest absolute Gasteiger partial charge is 0.231 e. The number of nitrogens with one attached hydrogen (secondary N) is 1. The zero-order chi connectivity index (χ0) is 11.5. The van der Waals surface area contributed by atoms with Crippen LogP contribution >= 0.6 is 0 Å². The second kappa shape index (κ2) is 4.57. The highest BCUT2D eigenvalue weighted by Crippen LogP contribution is 2.20. The number of hydrogen-bond acceptors (Lipinski definition) is 3. The van der Waals surface area contributed by atoms with Gasteiger partial charge >= 0.3 is 0 Å². The van der Waals surface area contributed by atoms with E-state index < -0.39 is 5.95 Å². The minimum Gasteiger partial charge on any atom is -0.378 e. The molecule has 1 aliphatic heterocycles. The lowest BCUT2D eigenvalue weighted by molar-refractivity contribution is -0.119. The topological polar surface area (TPSA) is 51.2 Å². The Morgan fingerprint density at radius 2 is 2.44 bits per heavy atom. The molecule has 1 aromatic heterocycles. The van der Waals surface area contributed by atoms with E-state index >= 15 is 0 Å². The van der Waals surface area contributed by atoms with Gasteiger partial charge in [0.2, 0.25) is 11.9 Å². The predicted molar refractivity (Wildman–Crippen MR) is 56.3 cm³/mol. The van der Waals surface area contributed by atoms with Crippen LogP contribution in [0.15, 0.2) is 18.2 Å². The number of halogens is 1. The van der Waals surface area contributed by atoms with Crippen molar-refractivity contribution in [3.05, 3.63) is 24.1 Å². The molecule has 0 spiro atoms. The van der Waals surface area contributed by atoms with Crippen LogP contribution < -0.4 is 5.32 Å². The summed E-state index contributed by atoms with van der Waals surface area (Å²) in [5, 5.41) is 2.58. The van der Waals surface area contributed by atoms with Crippen molar-refractivity contribution in [3.8, 4) is 0 Å². The Morgan fingerprint density at radius 3 is 3.06 bits per heavy atom. The SMILES string of the molecule is CC1CC(C(=O)Nc2cccc(F)n2)CO1. The van der Waals surface area contributed by atoms with Crippen molar-refractivity contribution < 1.29 is 13.9 Å². The maximum Gasteiger partial charge on any atom is 0.231 e. The fourth-order valence-corrected chi connectivity index (χ4v) is 1.71. The molecule has 1 fully saturated rings. The van der Waals surface area contributed by atoms with E-state index in [1.54, 1.807) is 6.07 Å². The van der Waals surface area contributed by atoms with Crippen molar-refractivity contribution in [2.75, 3.05) is 11.9 Å². The van der Waals surface area contributed by atoms with E-state index in [9.17, 15) is 9.18 Å². The summed E-state index contributed by atoms with van der Waals surface area (Å²) < 4.78 is 18.1. The molecule has 5 heteroatoms. The molecule has 2 unspecified atom stereocenters. The summed E-state index contributed by atoms with van der Waals surface area (Å²) in [5.41, 5.74) is 0. The summed E-state index contributed by atoms with van der Waals surface area (Å²) >= 11 is 0. The van der Waals surface area contributed by atoms with Gasteiger partial charge in [-0.3, -0.25) is 4.79 Å². The predicted octanol–water partition coefficient (Wildman–Crippen LogP) is 1.58. The number of ether oxygens (including phenoxy) is 1. The van der Waals surface area contributed by atoms with Crippen LogP contribution in [0, 0.1) is 11.9 Å². The van der Waals surface area contributed by atoms with Crippen LogP contribution in [0.3, 0.4) is 0 Å². The third-order valence-corrected chi connectivity index (χ3v) is 2.54. The van der Waals surface area contributed by atoms with Gasteiger partial charge in [0.15, 0.2) is 0 Å². The maximum atomic E-state index is 12.8. The zero-order valence-electron chi connectivity index (χ0n) is 8.94. The van der Waals surface area contributed by atoms with Crippen molar-refractivity contribution in [1.29, 1.82) is 0 Å². The normalized spacial score (nSPS) is 24.4. The molecule has 1 amide bonds. The Bertz CT molecular complexity index is 397. The quantitative estimate of drug-likeness (QED) is 0.776. The Labute approximate surface area is 92.8 Å². The minimum atomic E-state index is -0.603. The Kier molecular flexibility index (Phi) is 3.14. The summed E-state index contributed by atoms with van der Waals surface area (Å²) in [7, 11) is 0. The van der Waals surface area contributed by atoms with Gasteiger partial charge in [-0.1, -0.05) is 6.07 Å². The number of carbonyl (C=O) groups excluding carboxylic acids is 1. The van der Waals surface area contributed by atoms with Crippen LogP contribution in [-0.4, -0.2) is 23.6 Å². The first-order valence-corrected chi connectivity index (χ1v) is 5.20. The van der Waals surface area contributed by atoms with Crippen molar-refractivity contribution >= 4 is 11.7 Å². The van der Waals surface area contributed by atoms with Crippen LogP contribution in [0.2, 0.25) is 0 Å². The van der Waals surface area contributed by atoms with Gasteiger partial charge in [0.1, 0.15) is 5.82 Å². The molecule has 1 aliphatic rings. The van der Waals surface area contributed by atoms with Crippen LogP contribution in [0.4, 0.5) is 10.2 Å². The van der Waals surface area contributed by atoms with E-state index in [4.69, 9.17) is 4.74 Å². The van der Waals surface area contributed by atoms with Crippen molar-refractivity contribution in [2.24, 2.45) is 5.92 Å². The largest absolute Gasteiger partial charge is 0.378 e. The van der Waals surface area contributed by atoms with Crippen LogP contribution in [0.5, 0.6) is 0 Å². The Morgan fingerprint density at radius 1 is 1.62 bits per heavy atom. The molecular weight excluding hydrogens is 211 g/mol. The third kappa shape index (κ3) is 2.55. The molecule has 0 radical (unpaired) electrons. The number of anilines is 1. The van der Waals surface area contributed by atoms with Gasteiger partial charge in [-0.2, -0.15) is 4.39 Å². The summed E-state index contributed by atoms with van der Waals surface area (Å²) in [5.74, 6) is -0.694. The molecule has 1 N–H and O–H groups in total. The molecule has 0 saturated carbocycles. The first kappa shape index (κ1) is 11.0. The third-order valence-electron chi connectivity index (χ3n) is 2.54. The Hall–Kier alpha value is -1.49. The Balaban J connectivity index is 1.97. The number of aromatic nitrogens is 1. The van der Waals surface area contributed by atoms with E-state index in [1.165, 1.54) is 12.1 Å². The van der Waals surface area contributed by atoms with Gasteiger partial charge < -0.3 is 10.1 Å². The molecule has 86 valence electrons. The second-order valence-corrected chi connectivity index (χ2v) is 3.91. The van der Waals surface area contributed by atoms with Gasteiger partial charge in [-0.15, -0.1) is 0 Å². The molecule has 4 nitrogen and oxygen atoms in total. The second-order valence-electron chi connectivity index (χ2n) is 3.91. The van der Waals surface area contributed by atoms with Gasteiger partial charge in [-0.25, -0.2) is 4.98 Å². The van der Waals surface area contributed by atoms with E-state index in [1.807, 2.05) is 6.92 Å². The van der Waals surface area contributed by atoms with E-state index in [0.29, 0.717) is 13.0 Å². The monoisotopic (exact) mass is 224 g/mol. The van der Waals surface area contributed by atoms with Crippen molar-refractivity contribution in [2.45, 2.75) is 19.4 Å². The lowest BCUT2D eigenvalue weighted by Crippen LogP contribution is -2.23. The lowest BCUT2D eigenvalue weighted by atomic mass is 10.1. The highest BCUT2D eigenvalue weighted by molar-refractivity contribution is 5.91. The molecule has 2 heterocycles. The molecule has 0 aromatic carbocycles. The first-order chi connectivity index (χ1) is 7.65. The standard InChI is InChI=1S/C11H13FN2O2/c1-7-5-8(6-16-7)11(15)14-10-4-2-3-9(12)13-10/h2-4,7-8H,5-6H2,1H3,(H,13,14,15). The molecular formula is C11H13FN2O2. The summed E-state index contributed by atoms with van der Waals surface area (Å²) in [4.78, 5) is 15.3. The maximum absolute atomic E-state index is 12.8. The molecule has 1 saturated heterocycles. The van der Waals surface area contributed by atoms with Gasteiger partial charge in [0.25, 0.3) is 0 Å². The van der Waals surface area contributed by atoms with E-state index in [-0.39, 0.29) is 23.7 Å². The highest BCUT2D eigenvalue weighted by atomic mass is 19.1. The summed E-state index contributed by atoms with van der Waals surface area (Å²) in [6.07, 6.45) is 0.803. The average molecular weight is 224 g/mol. The molecule has 1 aromatic rings. The fourth-order valence-electron chi connectivity index (χ4n) is 1.71. The fraction of sp³-hybridized carbons (Fsp3) is 0.455. The first-order valence-electron chi connectivity index (χ1n) is 5.20. The van der Waals surface area contributed by atoms with Gasteiger partial charge in [0, 0.05) is 0 Å². The van der Waals surface area contributed by atoms with Crippen LogP contribution in [-0.2, 0) is 9.53 Å². The molecule has 16 heavy (non-hydrogen) atoms. The van der Waals surface area contributed by atoms with Gasteiger partial charge in [0.05, 0.1) is 18.6 Å². The van der Waals surface area contributed by atoms with E-state index in [0.717, 1.165) is 0 Å². The van der Waals surface area contributed by atoms with Gasteiger partial charge in [-0.05, 0) is 25.5 Å². The highest BCUT2D eigenvalue weighted by Gasteiger charge is 2.28. The average Bonchev–Trinajstić information content (AvgIpc) is 2.65. The number of nitrogens with zero attached hydrogens (tertiary/aromatic N) is 1. The number of pyridine rings is 1. The molecule has 2 rings (SSSR count). The summed E-state index contributed by atoms with van der Waals surface area (Å²) in [6.45, 7) is 2.34. The lowest BCUT2D eigenvalue weighted by Gasteiger charge is -2.08. The number of hydrogen-bond donors (Lipinski definition) is 1. The van der Waals surface area contributed by atoms with Crippen LogP contribution in [0.1, 0.15) is 13.3 Å². The number of amides is 1. The molecule has 0 aliphatic carbocycles. The zero-order valence-corrected chi connectivity index (χ0v) is 8.94. The van der Waals surface area contributed by atoms with E-state index in [2.05, 4.69) is 10.3 Å². The summed E-state index contributed by atoms with van der Waals surface area (Å²) in [6, 6.07) is 4.29. The van der Waals surface area contributed by atoms with Crippen LogP contribution in [0.25, 0.3) is 0 Å². The van der Waals surface area contributed by atoms with Crippen molar-refractivity contribution in [1.82, 2.24) is 4.98 Å². The minimum absolute atomic E-state index is 0.108. The number of rotatable bonds is 2. The number of carbonyl (C=O) groups is 1. The van der Waals surface area contributed by atoms with Crippen molar-refractivity contribution in [3.63, 3.8) is 0 Å².